The summed E-state index contributed by atoms with van der Waals surface area (Å²) in [4.78, 5) is 14.5. The second-order valence-corrected chi connectivity index (χ2v) is 8.06. The molecule has 0 unspecified atom stereocenters. The number of sulfonamides is 1. The van der Waals surface area contributed by atoms with E-state index in [0.717, 1.165) is 26.2 Å². The highest BCUT2D eigenvalue weighted by molar-refractivity contribution is 7.89. The number of rotatable bonds is 5. The minimum atomic E-state index is -3.56. The Morgan fingerprint density at radius 1 is 1.16 bits per heavy atom. The highest BCUT2D eigenvalue weighted by Gasteiger charge is 2.26. The van der Waals surface area contributed by atoms with Gasteiger partial charge in [-0.15, -0.1) is 0 Å². The molecule has 0 atom stereocenters. The SMILES string of the molecule is O=C(CN1CCNCC1)Nc1cccc(S(=O)(=O)N2CCOCC2)c1. The summed E-state index contributed by atoms with van der Waals surface area (Å²) in [5.74, 6) is -0.136. The number of benzene rings is 1. The van der Waals surface area contributed by atoms with Gasteiger partial charge in [0, 0.05) is 45.0 Å². The molecule has 3 rings (SSSR count). The van der Waals surface area contributed by atoms with Gasteiger partial charge in [-0.3, -0.25) is 9.69 Å². The number of hydrogen-bond acceptors (Lipinski definition) is 6. The summed E-state index contributed by atoms with van der Waals surface area (Å²) >= 11 is 0. The second-order valence-electron chi connectivity index (χ2n) is 6.12. The highest BCUT2D eigenvalue weighted by atomic mass is 32.2. The molecule has 25 heavy (non-hydrogen) atoms. The average Bonchev–Trinajstić information content (AvgIpc) is 2.63. The van der Waals surface area contributed by atoms with E-state index in [-0.39, 0.29) is 10.8 Å². The second kappa shape index (κ2) is 8.24. The minimum absolute atomic E-state index is 0.136. The molecule has 9 heteroatoms. The van der Waals surface area contributed by atoms with E-state index in [0.29, 0.717) is 38.5 Å². The molecule has 2 fully saturated rings. The van der Waals surface area contributed by atoms with Crippen LogP contribution in [-0.2, 0) is 19.6 Å². The van der Waals surface area contributed by atoms with E-state index in [1.165, 1.54) is 10.4 Å². The van der Waals surface area contributed by atoms with Gasteiger partial charge in [0.2, 0.25) is 15.9 Å². The van der Waals surface area contributed by atoms with E-state index in [9.17, 15) is 13.2 Å². The maximum atomic E-state index is 12.7. The Kier molecular flexibility index (Phi) is 6.02. The molecule has 1 aromatic carbocycles. The molecule has 0 saturated carbocycles. The lowest BCUT2D eigenvalue weighted by Crippen LogP contribution is -2.46. The predicted octanol–water partition coefficient (Wildman–Crippen LogP) is -0.449. The smallest absolute Gasteiger partial charge is 0.243 e. The van der Waals surface area contributed by atoms with Crippen molar-refractivity contribution >= 4 is 21.6 Å². The molecule has 2 aliphatic rings. The summed E-state index contributed by atoms with van der Waals surface area (Å²) in [6, 6.07) is 6.42. The van der Waals surface area contributed by atoms with Gasteiger partial charge in [-0.2, -0.15) is 4.31 Å². The zero-order chi connectivity index (χ0) is 17.7. The zero-order valence-electron chi connectivity index (χ0n) is 14.1. The molecule has 138 valence electrons. The van der Waals surface area contributed by atoms with Crippen LogP contribution in [0, 0.1) is 0 Å². The van der Waals surface area contributed by atoms with E-state index in [4.69, 9.17) is 4.74 Å². The number of nitrogens with zero attached hydrogens (tertiary/aromatic N) is 2. The van der Waals surface area contributed by atoms with Gasteiger partial charge in [-0.25, -0.2) is 8.42 Å². The number of carbonyl (C=O) groups is 1. The third kappa shape index (κ3) is 4.77. The number of nitrogens with one attached hydrogen (secondary N) is 2. The molecular formula is C16H24N4O4S. The van der Waals surface area contributed by atoms with Crippen molar-refractivity contribution in [2.45, 2.75) is 4.90 Å². The first-order valence-corrected chi connectivity index (χ1v) is 9.90. The summed E-state index contributed by atoms with van der Waals surface area (Å²) in [6.45, 7) is 5.23. The Morgan fingerprint density at radius 3 is 2.60 bits per heavy atom. The number of anilines is 1. The van der Waals surface area contributed by atoms with Gasteiger partial charge >= 0.3 is 0 Å². The summed E-state index contributed by atoms with van der Waals surface area (Å²) < 4.78 is 32.0. The molecule has 1 amide bonds. The highest BCUT2D eigenvalue weighted by Crippen LogP contribution is 2.20. The first-order chi connectivity index (χ1) is 12.1. The van der Waals surface area contributed by atoms with Crippen LogP contribution in [-0.4, -0.2) is 82.6 Å². The fourth-order valence-corrected chi connectivity index (χ4v) is 4.40. The molecule has 0 aromatic heterocycles. The van der Waals surface area contributed by atoms with Crippen molar-refractivity contribution in [2.24, 2.45) is 0 Å². The van der Waals surface area contributed by atoms with Crippen LogP contribution >= 0.6 is 0 Å². The van der Waals surface area contributed by atoms with E-state index in [1.807, 2.05) is 0 Å². The van der Waals surface area contributed by atoms with E-state index in [2.05, 4.69) is 15.5 Å². The molecule has 2 heterocycles. The Bertz CT molecular complexity index is 698. The lowest BCUT2D eigenvalue weighted by Gasteiger charge is -2.27. The maximum absolute atomic E-state index is 12.7. The minimum Gasteiger partial charge on any atom is -0.379 e. The summed E-state index contributed by atoms with van der Waals surface area (Å²) in [5.41, 5.74) is 0.495. The normalized spacial score (nSPS) is 20.3. The molecule has 1 aromatic rings. The van der Waals surface area contributed by atoms with E-state index in [1.54, 1.807) is 18.2 Å². The van der Waals surface area contributed by atoms with Crippen LogP contribution in [0.4, 0.5) is 5.69 Å². The molecular weight excluding hydrogens is 344 g/mol. The van der Waals surface area contributed by atoms with Gasteiger partial charge < -0.3 is 15.4 Å². The fraction of sp³-hybridized carbons (Fsp3) is 0.562. The van der Waals surface area contributed by atoms with E-state index < -0.39 is 10.0 Å². The van der Waals surface area contributed by atoms with Crippen LogP contribution in [0.25, 0.3) is 0 Å². The van der Waals surface area contributed by atoms with Crippen molar-refractivity contribution in [3.8, 4) is 0 Å². The first-order valence-electron chi connectivity index (χ1n) is 8.46. The summed E-state index contributed by atoms with van der Waals surface area (Å²) in [5, 5.41) is 6.04. The van der Waals surface area contributed by atoms with Crippen molar-refractivity contribution in [1.29, 1.82) is 0 Å². The van der Waals surface area contributed by atoms with Gasteiger partial charge in [0.05, 0.1) is 24.7 Å². The van der Waals surface area contributed by atoms with Crippen molar-refractivity contribution in [3.05, 3.63) is 24.3 Å². The lowest BCUT2D eigenvalue weighted by molar-refractivity contribution is -0.117. The Balaban J connectivity index is 1.65. The number of hydrogen-bond donors (Lipinski definition) is 2. The zero-order valence-corrected chi connectivity index (χ0v) is 14.9. The van der Waals surface area contributed by atoms with Crippen molar-refractivity contribution in [2.75, 3.05) is 64.3 Å². The number of piperazine rings is 1. The van der Waals surface area contributed by atoms with Gasteiger partial charge in [-0.1, -0.05) is 6.07 Å². The van der Waals surface area contributed by atoms with Crippen LogP contribution in [0.3, 0.4) is 0 Å². The predicted molar refractivity (Wildman–Crippen MR) is 94.0 cm³/mol. The van der Waals surface area contributed by atoms with Crippen LogP contribution in [0.2, 0.25) is 0 Å². The number of ether oxygens (including phenoxy) is 1. The van der Waals surface area contributed by atoms with Crippen LogP contribution in [0.1, 0.15) is 0 Å². The van der Waals surface area contributed by atoms with Gasteiger partial charge in [0.25, 0.3) is 0 Å². The summed E-state index contributed by atoms with van der Waals surface area (Å²) in [6.07, 6.45) is 0. The molecule has 0 radical (unpaired) electrons. The standard InChI is InChI=1S/C16H24N4O4S/c21-16(13-19-6-4-17-5-7-19)18-14-2-1-3-15(12-14)25(22,23)20-8-10-24-11-9-20/h1-3,12,17H,4-11,13H2,(H,18,21). The molecule has 0 bridgehead atoms. The first kappa shape index (κ1) is 18.3. The number of amides is 1. The van der Waals surface area contributed by atoms with Crippen LogP contribution < -0.4 is 10.6 Å². The van der Waals surface area contributed by atoms with Crippen molar-refractivity contribution < 1.29 is 17.9 Å². The Hall–Kier alpha value is -1.52. The lowest BCUT2D eigenvalue weighted by atomic mass is 10.3. The molecule has 2 saturated heterocycles. The van der Waals surface area contributed by atoms with Gasteiger partial charge in [-0.05, 0) is 18.2 Å². The van der Waals surface area contributed by atoms with E-state index >= 15 is 0 Å². The molecule has 2 aliphatic heterocycles. The summed E-state index contributed by atoms with van der Waals surface area (Å²) in [7, 11) is -3.56. The molecule has 0 aliphatic carbocycles. The van der Waals surface area contributed by atoms with Gasteiger partial charge in [0.15, 0.2) is 0 Å². The molecule has 2 N–H and O–H groups in total. The fourth-order valence-electron chi connectivity index (χ4n) is 2.94. The molecule has 0 spiro atoms. The van der Waals surface area contributed by atoms with Crippen molar-refractivity contribution in [1.82, 2.24) is 14.5 Å². The van der Waals surface area contributed by atoms with Crippen molar-refractivity contribution in [3.63, 3.8) is 0 Å². The third-order valence-electron chi connectivity index (χ3n) is 4.30. The van der Waals surface area contributed by atoms with Crippen LogP contribution in [0.15, 0.2) is 29.2 Å². The van der Waals surface area contributed by atoms with Crippen LogP contribution in [0.5, 0.6) is 0 Å². The van der Waals surface area contributed by atoms with Gasteiger partial charge in [0.1, 0.15) is 0 Å². The Labute approximate surface area is 148 Å². The number of carbonyl (C=O) groups excluding carboxylic acids is 1. The third-order valence-corrected chi connectivity index (χ3v) is 6.20. The Morgan fingerprint density at radius 2 is 1.88 bits per heavy atom. The molecule has 8 nitrogen and oxygen atoms in total. The maximum Gasteiger partial charge on any atom is 0.243 e. The largest absolute Gasteiger partial charge is 0.379 e. The monoisotopic (exact) mass is 368 g/mol. The quantitative estimate of drug-likeness (QED) is 0.732. The average molecular weight is 368 g/mol. The topological polar surface area (TPSA) is 91.0 Å². The number of morpholine rings is 1.